The number of unbranched alkanes of at least 4 members (excludes halogenated alkanes) is 1. The molecule has 18 heteroatoms. The van der Waals surface area contributed by atoms with Crippen molar-refractivity contribution < 1.29 is 46.2 Å². The summed E-state index contributed by atoms with van der Waals surface area (Å²) < 4.78 is 64.8. The summed E-state index contributed by atoms with van der Waals surface area (Å²) in [5, 5.41) is 28.2. The van der Waals surface area contributed by atoms with E-state index in [0.29, 0.717) is 30.2 Å². The number of anilines is 1. The lowest BCUT2D eigenvalue weighted by Gasteiger charge is -2.34. The third kappa shape index (κ3) is 10.9. The molecule has 13 nitrogen and oxygen atoms in total. The Morgan fingerprint density at radius 1 is 1.09 bits per heavy atom. The second-order valence-corrected chi connectivity index (χ2v) is 9.33. The minimum Gasteiger partial charge on any atom is -0.490 e. The molecule has 43 heavy (non-hydrogen) atoms. The highest BCUT2D eigenvalue weighted by molar-refractivity contribution is 5.91. The Balaban J connectivity index is 0.000000646. The first-order valence-corrected chi connectivity index (χ1v) is 12.8. The van der Waals surface area contributed by atoms with Crippen LogP contribution in [0, 0.1) is 0 Å². The van der Waals surface area contributed by atoms with Crippen molar-refractivity contribution in [2.75, 3.05) is 12.4 Å². The van der Waals surface area contributed by atoms with Crippen molar-refractivity contribution in [2.45, 2.75) is 63.3 Å². The van der Waals surface area contributed by atoms with E-state index in [1.165, 1.54) is 13.2 Å². The van der Waals surface area contributed by atoms with Crippen LogP contribution in [0.15, 0.2) is 36.7 Å². The molecule has 1 fully saturated rings. The quantitative estimate of drug-likeness (QED) is 0.215. The highest BCUT2D eigenvalue weighted by Crippen LogP contribution is 2.39. The van der Waals surface area contributed by atoms with Gasteiger partial charge in [0.15, 0.2) is 11.5 Å². The molecule has 0 atom stereocenters. The number of aromatic nitrogens is 6. The summed E-state index contributed by atoms with van der Waals surface area (Å²) in [6.45, 7) is 0.624. The van der Waals surface area contributed by atoms with Gasteiger partial charge in [-0.25, -0.2) is 13.6 Å². The zero-order chi connectivity index (χ0) is 31.6. The molecule has 1 aliphatic rings. The lowest BCUT2D eigenvalue weighted by Crippen LogP contribution is -2.43. The predicted molar refractivity (Wildman–Crippen MR) is 137 cm³/mol. The number of carbonyl (C=O) groups is 3. The van der Waals surface area contributed by atoms with Gasteiger partial charge >= 0.3 is 12.1 Å². The molecule has 0 radical (unpaired) electrons. The third-order valence-electron chi connectivity index (χ3n) is 5.78. The van der Waals surface area contributed by atoms with Crippen LogP contribution in [0.2, 0.25) is 0 Å². The summed E-state index contributed by atoms with van der Waals surface area (Å²) in [5.41, 5.74) is 1.51. The first-order chi connectivity index (χ1) is 20.2. The number of hydrogen-bond donors (Lipinski definition) is 3. The zero-order valence-corrected chi connectivity index (χ0v) is 22.6. The van der Waals surface area contributed by atoms with Crippen LogP contribution in [-0.4, -0.2) is 78.3 Å². The van der Waals surface area contributed by atoms with E-state index < -0.39 is 24.2 Å². The van der Waals surface area contributed by atoms with Crippen LogP contribution in [0.1, 0.15) is 47.6 Å². The summed E-state index contributed by atoms with van der Waals surface area (Å²) >= 11 is 0. The van der Waals surface area contributed by atoms with Crippen LogP contribution in [0.5, 0.6) is 5.75 Å². The molecule has 4 rings (SSSR count). The summed E-state index contributed by atoms with van der Waals surface area (Å²) in [5.74, 6) is -5.30. The number of ether oxygens (including phenoxy) is 1. The normalized spacial score (nSPS) is 14.1. The number of amides is 2. The van der Waals surface area contributed by atoms with Crippen molar-refractivity contribution in [1.29, 1.82) is 0 Å². The van der Waals surface area contributed by atoms with Crippen LogP contribution in [-0.2, 0) is 29.0 Å². The summed E-state index contributed by atoms with van der Waals surface area (Å²) in [6, 6.07) is 6.62. The lowest BCUT2D eigenvalue weighted by atomic mass is 9.91. The van der Waals surface area contributed by atoms with Gasteiger partial charge in [-0.05, 0) is 37.5 Å². The highest BCUT2D eigenvalue weighted by Gasteiger charge is 2.47. The number of aliphatic carboxylic acids is 1. The van der Waals surface area contributed by atoms with Crippen LogP contribution < -0.4 is 15.4 Å². The molecule has 3 heterocycles. The summed E-state index contributed by atoms with van der Waals surface area (Å²) in [6.07, 6.45) is -0.816. The van der Waals surface area contributed by atoms with E-state index in [1.807, 2.05) is 0 Å². The Bertz CT molecular complexity index is 1390. The number of halogens is 5. The zero-order valence-electron chi connectivity index (χ0n) is 22.6. The van der Waals surface area contributed by atoms with E-state index in [9.17, 15) is 31.5 Å². The van der Waals surface area contributed by atoms with Gasteiger partial charge < -0.3 is 20.5 Å². The second-order valence-electron chi connectivity index (χ2n) is 9.33. The molecule has 232 valence electrons. The van der Waals surface area contributed by atoms with Crippen molar-refractivity contribution in [3.05, 3.63) is 53.7 Å². The monoisotopic (exact) mass is 614 g/mol. The molecule has 0 bridgehead atoms. The van der Waals surface area contributed by atoms with E-state index >= 15 is 0 Å². The molecule has 0 aliphatic heterocycles. The molecule has 2 amide bonds. The van der Waals surface area contributed by atoms with Crippen molar-refractivity contribution in [2.24, 2.45) is 0 Å². The maximum atomic E-state index is 13.0. The van der Waals surface area contributed by atoms with Crippen LogP contribution >= 0.6 is 0 Å². The number of carboxylic acids is 1. The maximum Gasteiger partial charge on any atom is 0.490 e. The van der Waals surface area contributed by atoms with E-state index in [0.717, 1.165) is 18.5 Å². The van der Waals surface area contributed by atoms with E-state index in [4.69, 9.17) is 14.6 Å². The van der Waals surface area contributed by atoms with Gasteiger partial charge in [0.05, 0.1) is 24.0 Å². The molecule has 0 saturated heterocycles. The van der Waals surface area contributed by atoms with Gasteiger partial charge in [-0.3, -0.25) is 19.3 Å². The molecule has 3 N–H and O–H groups in total. The Morgan fingerprint density at radius 3 is 2.42 bits per heavy atom. The maximum absolute atomic E-state index is 13.0. The van der Waals surface area contributed by atoms with Crippen molar-refractivity contribution in [1.82, 2.24) is 35.5 Å². The number of alkyl halides is 5. The molecule has 0 unspecified atom stereocenters. The molecular formula is C25H27F5N8O5. The Morgan fingerprint density at radius 2 is 1.81 bits per heavy atom. The van der Waals surface area contributed by atoms with Gasteiger partial charge in [-0.1, -0.05) is 5.21 Å². The first kappa shape index (κ1) is 32.7. The number of pyridine rings is 1. The molecule has 3 aromatic heterocycles. The van der Waals surface area contributed by atoms with Crippen LogP contribution in [0.25, 0.3) is 0 Å². The van der Waals surface area contributed by atoms with Gasteiger partial charge in [-0.2, -0.15) is 18.3 Å². The summed E-state index contributed by atoms with van der Waals surface area (Å²) in [7, 11) is 1.54. The number of aryl methyl sites for hydroxylation is 2. The minimum absolute atomic E-state index is 0.0224. The third-order valence-corrected chi connectivity index (χ3v) is 5.78. The molecule has 1 aliphatic carbocycles. The predicted octanol–water partition coefficient (Wildman–Crippen LogP) is 2.84. The smallest absolute Gasteiger partial charge is 0.490 e. The van der Waals surface area contributed by atoms with E-state index in [2.05, 4.69) is 36.1 Å². The van der Waals surface area contributed by atoms with Gasteiger partial charge in [0.25, 0.3) is 11.8 Å². The Labute approximate surface area is 240 Å². The largest absolute Gasteiger partial charge is 0.490 e. The average molecular weight is 615 g/mol. The average Bonchev–Trinajstić information content (AvgIpc) is 3.39. The SMILES string of the molecule is CNC(=O)c1cn(CCCCc2ccc(NC(=O)Cc3cc(OC4CC(F)(F)C4)ccn3)nn2)nn1.O=C(O)C(F)(F)F. The number of hydrogen-bond acceptors (Lipinski definition) is 9. The minimum atomic E-state index is -5.08. The molecular weight excluding hydrogens is 587 g/mol. The van der Waals surface area contributed by atoms with Gasteiger partial charge in [-0.15, -0.1) is 10.2 Å². The number of carbonyl (C=O) groups excluding carboxylic acids is 2. The van der Waals surface area contributed by atoms with Crippen molar-refractivity contribution in [3.63, 3.8) is 0 Å². The fourth-order valence-electron chi connectivity index (χ4n) is 3.64. The Kier molecular flexibility index (Phi) is 11.0. The number of nitrogens with one attached hydrogen (secondary N) is 2. The van der Waals surface area contributed by atoms with Gasteiger partial charge in [0, 0.05) is 38.7 Å². The number of nitrogens with zero attached hydrogens (tertiary/aromatic N) is 6. The van der Waals surface area contributed by atoms with Crippen molar-refractivity contribution in [3.8, 4) is 5.75 Å². The van der Waals surface area contributed by atoms with Gasteiger partial charge in [0.1, 0.15) is 11.9 Å². The van der Waals surface area contributed by atoms with Crippen LogP contribution in [0.3, 0.4) is 0 Å². The summed E-state index contributed by atoms with van der Waals surface area (Å²) in [4.78, 5) is 36.9. The molecule has 3 aromatic rings. The van der Waals surface area contributed by atoms with Crippen LogP contribution in [0.4, 0.5) is 27.8 Å². The molecule has 0 spiro atoms. The fourth-order valence-corrected chi connectivity index (χ4v) is 3.64. The first-order valence-electron chi connectivity index (χ1n) is 12.8. The second kappa shape index (κ2) is 14.4. The highest BCUT2D eigenvalue weighted by atomic mass is 19.4. The van der Waals surface area contributed by atoms with Gasteiger partial charge in [0.2, 0.25) is 5.91 Å². The lowest BCUT2D eigenvalue weighted by molar-refractivity contribution is -0.192. The number of rotatable bonds is 11. The van der Waals surface area contributed by atoms with E-state index in [-0.39, 0.29) is 36.8 Å². The topological polar surface area (TPSA) is 174 Å². The number of carboxylic acid groups (broad SMARTS) is 1. The molecule has 1 saturated carbocycles. The fraction of sp³-hybridized carbons (Fsp3) is 0.440. The Hall–Kier alpha value is -4.77. The van der Waals surface area contributed by atoms with Crippen molar-refractivity contribution >= 4 is 23.6 Å². The standard InChI is InChI=1S/C23H26F2N8O3.C2HF3O2/c1-26-22(35)19-14-33(32-30-19)9-3-2-4-15-5-6-20(31-29-15)28-21(34)11-16-10-17(7-8-27-16)36-18-12-23(24,25)13-18;3-2(4,5)1(6)7/h5-8,10,14,18H,2-4,9,11-13H2,1H3,(H,26,35)(H,28,31,34);(H,6,7). The molecule has 0 aromatic carbocycles. The van der Waals surface area contributed by atoms with E-state index in [1.54, 1.807) is 35.1 Å².